The molecule has 5 nitrogen and oxygen atoms in total. The summed E-state index contributed by atoms with van der Waals surface area (Å²) >= 11 is 3.32. The van der Waals surface area contributed by atoms with Gasteiger partial charge >= 0.3 is 5.97 Å². The minimum Gasteiger partial charge on any atom is -0.461 e. The van der Waals surface area contributed by atoms with Gasteiger partial charge in [0, 0.05) is 16.1 Å². The second kappa shape index (κ2) is 6.99. The molecule has 0 aromatic heterocycles. The predicted octanol–water partition coefficient (Wildman–Crippen LogP) is 3.64. The van der Waals surface area contributed by atoms with Gasteiger partial charge in [0.2, 0.25) is 0 Å². The topological polar surface area (TPSA) is 69.4 Å². The maximum atomic E-state index is 11.8. The van der Waals surface area contributed by atoms with Crippen molar-refractivity contribution >= 4 is 27.6 Å². The van der Waals surface area contributed by atoms with E-state index in [1.807, 2.05) is 24.3 Å². The molecule has 2 rings (SSSR count). The van der Waals surface area contributed by atoms with Crippen molar-refractivity contribution in [3.05, 3.63) is 74.2 Å². The first kappa shape index (κ1) is 15.2. The summed E-state index contributed by atoms with van der Waals surface area (Å²) in [5, 5.41) is 10.9. The maximum absolute atomic E-state index is 11.8. The highest BCUT2D eigenvalue weighted by Gasteiger charge is 2.16. The highest BCUT2D eigenvalue weighted by Crippen LogP contribution is 2.18. The van der Waals surface area contributed by atoms with Crippen molar-refractivity contribution in [3.63, 3.8) is 0 Å². The highest BCUT2D eigenvalue weighted by molar-refractivity contribution is 9.10. The monoisotopic (exact) mass is 349 g/mol. The third-order valence-corrected chi connectivity index (χ3v) is 3.36. The van der Waals surface area contributed by atoms with Gasteiger partial charge in [0.25, 0.3) is 5.69 Å². The molecule has 0 N–H and O–H groups in total. The third kappa shape index (κ3) is 4.39. The van der Waals surface area contributed by atoms with Crippen LogP contribution < -0.4 is 0 Å². The zero-order chi connectivity index (χ0) is 15.2. The maximum Gasteiger partial charge on any atom is 0.310 e. The first-order valence-corrected chi connectivity index (χ1v) is 6.98. The van der Waals surface area contributed by atoms with Gasteiger partial charge in [-0.05, 0) is 17.7 Å². The number of nitro groups is 1. The van der Waals surface area contributed by atoms with Gasteiger partial charge in [0.15, 0.2) is 0 Å². The van der Waals surface area contributed by atoms with Crippen LogP contribution in [-0.4, -0.2) is 10.9 Å². The summed E-state index contributed by atoms with van der Waals surface area (Å²) in [5.41, 5.74) is 1.13. The minimum absolute atomic E-state index is 0.0712. The van der Waals surface area contributed by atoms with Crippen molar-refractivity contribution in [2.24, 2.45) is 0 Å². The van der Waals surface area contributed by atoms with E-state index in [-0.39, 0.29) is 18.7 Å². The molecule has 21 heavy (non-hydrogen) atoms. The summed E-state index contributed by atoms with van der Waals surface area (Å²) in [7, 11) is 0. The number of nitrogens with zero attached hydrogens (tertiary/aromatic N) is 1. The Balaban J connectivity index is 1.96. The Kier molecular flexibility index (Phi) is 5.05. The molecule has 0 aliphatic rings. The van der Waals surface area contributed by atoms with Crippen LogP contribution in [0.15, 0.2) is 53.0 Å². The molecule has 2 aromatic rings. The molecule has 0 bridgehead atoms. The standard InChI is InChI=1S/C15H12BrNO4/c16-13-7-5-11(6-8-13)10-21-15(18)9-12-3-1-2-4-14(12)17(19)20/h1-8H,9-10H2. The molecule has 0 aliphatic carbocycles. The molecule has 0 atom stereocenters. The molecule has 0 saturated carbocycles. The Morgan fingerprint density at radius 2 is 1.81 bits per heavy atom. The van der Waals surface area contributed by atoms with Crippen LogP contribution >= 0.6 is 15.9 Å². The third-order valence-electron chi connectivity index (χ3n) is 2.84. The van der Waals surface area contributed by atoms with E-state index in [4.69, 9.17) is 4.74 Å². The fraction of sp³-hybridized carbons (Fsp3) is 0.133. The zero-order valence-corrected chi connectivity index (χ0v) is 12.6. The van der Waals surface area contributed by atoms with Crippen molar-refractivity contribution < 1.29 is 14.5 Å². The van der Waals surface area contributed by atoms with E-state index >= 15 is 0 Å². The van der Waals surface area contributed by atoms with Crippen molar-refractivity contribution in [1.82, 2.24) is 0 Å². The summed E-state index contributed by atoms with van der Waals surface area (Å²) in [5.74, 6) is -0.493. The van der Waals surface area contributed by atoms with Gasteiger partial charge in [-0.2, -0.15) is 0 Å². The van der Waals surface area contributed by atoms with E-state index < -0.39 is 10.9 Å². The molecular weight excluding hydrogens is 338 g/mol. The molecular formula is C15H12BrNO4. The van der Waals surface area contributed by atoms with Gasteiger partial charge in [-0.1, -0.05) is 46.3 Å². The average molecular weight is 350 g/mol. The number of esters is 1. The molecule has 0 radical (unpaired) electrons. The van der Waals surface area contributed by atoms with E-state index in [0.29, 0.717) is 5.56 Å². The van der Waals surface area contributed by atoms with Gasteiger partial charge in [0.1, 0.15) is 6.61 Å². The number of carbonyl (C=O) groups excluding carboxylic acids is 1. The Bertz CT molecular complexity index is 655. The van der Waals surface area contributed by atoms with Gasteiger partial charge in [0.05, 0.1) is 11.3 Å². The smallest absolute Gasteiger partial charge is 0.310 e. The number of benzene rings is 2. The highest BCUT2D eigenvalue weighted by atomic mass is 79.9. The Hall–Kier alpha value is -2.21. The first-order chi connectivity index (χ1) is 10.1. The van der Waals surface area contributed by atoms with Crippen molar-refractivity contribution in [3.8, 4) is 0 Å². The van der Waals surface area contributed by atoms with Crippen molar-refractivity contribution in [2.75, 3.05) is 0 Å². The van der Waals surface area contributed by atoms with Crippen LogP contribution in [0.3, 0.4) is 0 Å². The lowest BCUT2D eigenvalue weighted by molar-refractivity contribution is -0.385. The molecule has 2 aromatic carbocycles. The van der Waals surface area contributed by atoms with Crippen LogP contribution in [0.1, 0.15) is 11.1 Å². The molecule has 0 saturated heterocycles. The Morgan fingerprint density at radius 3 is 2.48 bits per heavy atom. The van der Waals surface area contributed by atoms with Crippen molar-refractivity contribution in [1.29, 1.82) is 0 Å². The molecule has 6 heteroatoms. The molecule has 0 unspecified atom stereocenters. The largest absolute Gasteiger partial charge is 0.461 e. The molecule has 108 valence electrons. The van der Waals surface area contributed by atoms with Gasteiger partial charge in [-0.15, -0.1) is 0 Å². The summed E-state index contributed by atoms with van der Waals surface area (Å²) in [6.45, 7) is 0.146. The van der Waals surface area contributed by atoms with Crippen LogP contribution in [0.5, 0.6) is 0 Å². The van der Waals surface area contributed by atoms with E-state index in [1.54, 1.807) is 18.2 Å². The fourth-order valence-electron chi connectivity index (χ4n) is 1.79. The zero-order valence-electron chi connectivity index (χ0n) is 11.0. The normalized spacial score (nSPS) is 10.1. The Labute approximate surface area is 129 Å². The summed E-state index contributed by atoms with van der Waals surface area (Å²) in [6, 6.07) is 13.5. The van der Waals surface area contributed by atoms with Crippen LogP contribution in [0.2, 0.25) is 0 Å². The fourth-order valence-corrected chi connectivity index (χ4v) is 2.05. The van der Waals surface area contributed by atoms with Crippen LogP contribution in [0.4, 0.5) is 5.69 Å². The Morgan fingerprint density at radius 1 is 1.14 bits per heavy atom. The lowest BCUT2D eigenvalue weighted by Crippen LogP contribution is -2.09. The number of halogens is 1. The number of ether oxygens (including phenoxy) is 1. The van der Waals surface area contributed by atoms with E-state index in [0.717, 1.165) is 10.0 Å². The molecule has 0 aliphatic heterocycles. The quantitative estimate of drug-likeness (QED) is 0.469. The van der Waals surface area contributed by atoms with Gasteiger partial charge < -0.3 is 4.74 Å². The van der Waals surface area contributed by atoms with Crippen LogP contribution in [0.25, 0.3) is 0 Å². The van der Waals surface area contributed by atoms with E-state index in [2.05, 4.69) is 15.9 Å². The number of nitro benzene ring substituents is 1. The SMILES string of the molecule is O=C(Cc1ccccc1[N+](=O)[O-])OCc1ccc(Br)cc1. The first-order valence-electron chi connectivity index (χ1n) is 6.18. The van der Waals surface area contributed by atoms with Gasteiger partial charge in [-0.3, -0.25) is 14.9 Å². The molecule has 0 heterocycles. The number of para-hydroxylation sites is 1. The minimum atomic E-state index is -0.503. The molecule has 0 amide bonds. The second-order valence-electron chi connectivity index (χ2n) is 4.35. The number of carbonyl (C=O) groups is 1. The van der Waals surface area contributed by atoms with Crippen LogP contribution in [-0.2, 0) is 22.6 Å². The second-order valence-corrected chi connectivity index (χ2v) is 5.27. The average Bonchev–Trinajstić information content (AvgIpc) is 2.47. The number of hydrogen-bond donors (Lipinski definition) is 0. The number of rotatable bonds is 5. The summed E-state index contributed by atoms with van der Waals surface area (Å²) < 4.78 is 6.07. The summed E-state index contributed by atoms with van der Waals surface area (Å²) in [4.78, 5) is 22.1. The van der Waals surface area contributed by atoms with Gasteiger partial charge in [-0.25, -0.2) is 0 Å². The lowest BCUT2D eigenvalue weighted by Gasteiger charge is -2.05. The summed E-state index contributed by atoms with van der Waals surface area (Å²) in [6.07, 6.45) is -0.117. The number of hydrogen-bond acceptors (Lipinski definition) is 4. The lowest BCUT2D eigenvalue weighted by atomic mass is 10.1. The molecule has 0 fully saturated rings. The predicted molar refractivity (Wildman–Crippen MR) is 80.7 cm³/mol. The van der Waals surface area contributed by atoms with E-state index in [1.165, 1.54) is 6.07 Å². The van der Waals surface area contributed by atoms with Crippen LogP contribution in [0, 0.1) is 10.1 Å². The van der Waals surface area contributed by atoms with E-state index in [9.17, 15) is 14.9 Å². The molecule has 0 spiro atoms. The van der Waals surface area contributed by atoms with Crippen molar-refractivity contribution in [2.45, 2.75) is 13.0 Å².